The van der Waals surface area contributed by atoms with Crippen molar-refractivity contribution in [2.24, 2.45) is 11.8 Å². The summed E-state index contributed by atoms with van der Waals surface area (Å²) < 4.78 is 34.6. The first-order valence-electron chi connectivity index (χ1n) is 10.5. The maximum Gasteiger partial charge on any atom is 0.247 e. The van der Waals surface area contributed by atoms with E-state index in [2.05, 4.69) is 11.9 Å². The minimum absolute atomic E-state index is 0.0149. The van der Waals surface area contributed by atoms with Crippen molar-refractivity contribution < 1.29 is 18.3 Å². The number of aliphatic hydroxyl groups is 1. The highest BCUT2D eigenvalue weighted by atomic mass is 32.2. The van der Waals surface area contributed by atoms with E-state index in [0.717, 1.165) is 24.6 Å². The minimum atomic E-state index is -3.77. The number of fused-ring (bicyclic) bond motifs is 1. The number of benzene rings is 1. The molecule has 162 valence electrons. The van der Waals surface area contributed by atoms with Gasteiger partial charge in [-0.25, -0.2) is 8.42 Å². The average molecular weight is 423 g/mol. The summed E-state index contributed by atoms with van der Waals surface area (Å²) in [6.45, 7) is 7.60. The minimum Gasteiger partial charge on any atom is -0.487 e. The predicted molar refractivity (Wildman–Crippen MR) is 115 cm³/mol. The SMILES string of the molecule is C/C=C/c1ccc2c(c1)O[C@@H](CN(C)CC1CC1)[C@@H](C)CN([C@H](C)CO)S2(=O)=O. The monoisotopic (exact) mass is 422 g/mol. The number of aliphatic hydroxyl groups excluding tert-OH is 1. The van der Waals surface area contributed by atoms with Crippen molar-refractivity contribution in [3.63, 3.8) is 0 Å². The molecule has 29 heavy (non-hydrogen) atoms. The van der Waals surface area contributed by atoms with Gasteiger partial charge in [0.15, 0.2) is 0 Å². The highest BCUT2D eigenvalue weighted by Crippen LogP contribution is 2.35. The number of hydrogen-bond acceptors (Lipinski definition) is 5. The third-order valence-corrected chi connectivity index (χ3v) is 7.83. The largest absolute Gasteiger partial charge is 0.487 e. The fourth-order valence-corrected chi connectivity index (χ4v) is 5.70. The van der Waals surface area contributed by atoms with Crippen LogP contribution in [0, 0.1) is 11.8 Å². The summed E-state index contributed by atoms with van der Waals surface area (Å²) in [6.07, 6.45) is 6.30. The number of sulfonamides is 1. The van der Waals surface area contributed by atoms with Crippen molar-refractivity contribution in [2.45, 2.75) is 50.7 Å². The van der Waals surface area contributed by atoms with Crippen LogP contribution in [0.4, 0.5) is 0 Å². The summed E-state index contributed by atoms with van der Waals surface area (Å²) in [5.41, 5.74) is 0.904. The van der Waals surface area contributed by atoms with E-state index in [1.165, 1.54) is 17.1 Å². The Morgan fingerprint density at radius 1 is 1.34 bits per heavy atom. The van der Waals surface area contributed by atoms with Gasteiger partial charge in [0, 0.05) is 31.6 Å². The highest BCUT2D eigenvalue weighted by Gasteiger charge is 2.38. The zero-order valence-electron chi connectivity index (χ0n) is 17.9. The van der Waals surface area contributed by atoms with Gasteiger partial charge in [-0.05, 0) is 57.4 Å². The fraction of sp³-hybridized carbons (Fsp3) is 0.636. The van der Waals surface area contributed by atoms with Crippen LogP contribution in [0.1, 0.15) is 39.2 Å². The van der Waals surface area contributed by atoms with Gasteiger partial charge < -0.3 is 14.7 Å². The summed E-state index contributed by atoms with van der Waals surface area (Å²) in [5, 5.41) is 9.69. The standard InChI is InChI=1S/C22H34N2O4S/c1-5-6-18-9-10-22-20(11-18)28-21(14-23(4)13-19-7-8-19)16(2)12-24(17(3)15-25)29(22,26)27/h5-6,9-11,16-17,19,21,25H,7-8,12-15H2,1-4H3/b6-5+/t16-,17+,21-/m0/s1. The van der Waals surface area contributed by atoms with Gasteiger partial charge in [0.1, 0.15) is 16.7 Å². The maximum absolute atomic E-state index is 13.4. The molecule has 1 N–H and O–H groups in total. The lowest BCUT2D eigenvalue weighted by Gasteiger charge is -2.37. The Hall–Kier alpha value is -1.41. The molecule has 1 aromatic rings. The van der Waals surface area contributed by atoms with Gasteiger partial charge in [0.25, 0.3) is 0 Å². The third-order valence-electron chi connectivity index (χ3n) is 5.81. The predicted octanol–water partition coefficient (Wildman–Crippen LogP) is 2.83. The highest BCUT2D eigenvalue weighted by molar-refractivity contribution is 7.89. The van der Waals surface area contributed by atoms with E-state index in [-0.39, 0.29) is 23.5 Å². The van der Waals surface area contributed by atoms with E-state index in [1.54, 1.807) is 25.1 Å². The number of rotatable bonds is 7. The molecule has 0 spiro atoms. The summed E-state index contributed by atoms with van der Waals surface area (Å²) in [6, 6.07) is 4.73. The summed E-state index contributed by atoms with van der Waals surface area (Å²) in [7, 11) is -1.66. The van der Waals surface area contributed by atoms with Gasteiger partial charge in [-0.15, -0.1) is 0 Å². The first-order valence-corrected chi connectivity index (χ1v) is 11.9. The van der Waals surface area contributed by atoms with Gasteiger partial charge in [-0.1, -0.05) is 25.1 Å². The van der Waals surface area contributed by atoms with Gasteiger partial charge in [-0.3, -0.25) is 0 Å². The van der Waals surface area contributed by atoms with Crippen molar-refractivity contribution >= 4 is 16.1 Å². The molecule has 1 saturated carbocycles. The number of ether oxygens (including phenoxy) is 1. The molecule has 1 heterocycles. The molecule has 7 heteroatoms. The molecule has 3 rings (SSSR count). The molecule has 0 unspecified atom stereocenters. The fourth-order valence-electron chi connectivity index (χ4n) is 3.88. The third kappa shape index (κ3) is 5.20. The Bertz CT molecular complexity index is 835. The zero-order chi connectivity index (χ0) is 21.2. The topological polar surface area (TPSA) is 70.1 Å². The number of likely N-dealkylation sites (N-methyl/N-ethyl adjacent to an activating group) is 1. The maximum atomic E-state index is 13.4. The Balaban J connectivity index is 1.99. The molecular formula is C22H34N2O4S. The number of nitrogens with zero attached hydrogens (tertiary/aromatic N) is 2. The van der Waals surface area contributed by atoms with Crippen LogP contribution < -0.4 is 4.74 Å². The Kier molecular flexibility index (Phi) is 7.04. The first kappa shape index (κ1) is 22.3. The molecule has 3 atom stereocenters. The van der Waals surface area contributed by atoms with E-state index < -0.39 is 16.1 Å². The summed E-state index contributed by atoms with van der Waals surface area (Å²) >= 11 is 0. The van der Waals surface area contributed by atoms with E-state index in [1.807, 2.05) is 26.0 Å². The zero-order valence-corrected chi connectivity index (χ0v) is 18.7. The van der Waals surface area contributed by atoms with E-state index >= 15 is 0 Å². The molecule has 1 aliphatic carbocycles. The average Bonchev–Trinajstić information content (AvgIpc) is 3.48. The van der Waals surface area contributed by atoms with Crippen molar-refractivity contribution in [3.05, 3.63) is 29.8 Å². The van der Waals surface area contributed by atoms with Gasteiger partial charge in [0.2, 0.25) is 10.0 Å². The van der Waals surface area contributed by atoms with Gasteiger partial charge >= 0.3 is 0 Å². The molecule has 0 bridgehead atoms. The van der Waals surface area contributed by atoms with Crippen molar-refractivity contribution in [1.29, 1.82) is 0 Å². The molecular weight excluding hydrogens is 388 g/mol. The first-order chi connectivity index (χ1) is 13.8. The summed E-state index contributed by atoms with van der Waals surface area (Å²) in [5.74, 6) is 1.16. The lowest BCUT2D eigenvalue weighted by Crippen LogP contribution is -2.49. The van der Waals surface area contributed by atoms with Crippen LogP contribution in [-0.4, -0.2) is 68.2 Å². The van der Waals surface area contributed by atoms with Crippen LogP contribution in [0.5, 0.6) is 5.75 Å². The van der Waals surface area contributed by atoms with Crippen LogP contribution in [0.25, 0.3) is 6.08 Å². The van der Waals surface area contributed by atoms with E-state index in [0.29, 0.717) is 12.3 Å². The molecule has 1 aliphatic heterocycles. The van der Waals surface area contributed by atoms with Crippen LogP contribution >= 0.6 is 0 Å². The number of hydrogen-bond donors (Lipinski definition) is 1. The number of allylic oxidation sites excluding steroid dienone is 1. The van der Waals surface area contributed by atoms with E-state index in [4.69, 9.17) is 4.74 Å². The molecule has 0 saturated heterocycles. The molecule has 1 aromatic carbocycles. The normalized spacial score (nSPS) is 26.0. The summed E-state index contributed by atoms with van der Waals surface area (Å²) in [4.78, 5) is 2.47. The quantitative estimate of drug-likeness (QED) is 0.732. The molecule has 1 fully saturated rings. The van der Waals surface area contributed by atoms with Crippen LogP contribution in [0.15, 0.2) is 29.2 Å². The molecule has 0 aromatic heterocycles. The smallest absolute Gasteiger partial charge is 0.247 e. The van der Waals surface area contributed by atoms with Crippen molar-refractivity contribution in [1.82, 2.24) is 9.21 Å². The van der Waals surface area contributed by atoms with Crippen LogP contribution in [0.2, 0.25) is 0 Å². The molecule has 0 amide bonds. The lowest BCUT2D eigenvalue weighted by atomic mass is 10.0. The van der Waals surface area contributed by atoms with Gasteiger partial charge in [-0.2, -0.15) is 4.31 Å². The van der Waals surface area contributed by atoms with Crippen LogP contribution in [0.3, 0.4) is 0 Å². The molecule has 2 aliphatic rings. The second kappa shape index (κ2) is 9.16. The van der Waals surface area contributed by atoms with Gasteiger partial charge in [0.05, 0.1) is 6.61 Å². The molecule has 0 radical (unpaired) electrons. The lowest BCUT2D eigenvalue weighted by molar-refractivity contribution is 0.0740. The Labute approximate surface area is 175 Å². The molecule has 6 nitrogen and oxygen atoms in total. The van der Waals surface area contributed by atoms with Crippen LogP contribution in [-0.2, 0) is 10.0 Å². The second-order valence-electron chi connectivity index (χ2n) is 8.61. The van der Waals surface area contributed by atoms with E-state index in [9.17, 15) is 13.5 Å². The second-order valence-corrected chi connectivity index (χ2v) is 10.5. The Morgan fingerprint density at radius 2 is 2.07 bits per heavy atom. The van der Waals surface area contributed by atoms with Crippen molar-refractivity contribution in [3.8, 4) is 5.75 Å². The Morgan fingerprint density at radius 3 is 2.69 bits per heavy atom. The van der Waals surface area contributed by atoms with Crippen molar-refractivity contribution in [2.75, 3.05) is 33.3 Å².